The summed E-state index contributed by atoms with van der Waals surface area (Å²) in [4.78, 5) is 11.1. The second-order valence-corrected chi connectivity index (χ2v) is 3.18. The number of carbonyl (C=O) groups is 1. The van der Waals surface area contributed by atoms with E-state index in [0.717, 1.165) is 7.11 Å². The molecular weight excluding hydrogens is 247 g/mol. The number of alkyl halides is 3. The minimum atomic E-state index is -4.81. The number of carbonyl (C=O) groups excluding carboxylic acids is 1. The first-order valence-corrected chi connectivity index (χ1v) is 4.37. The molecule has 0 saturated heterocycles. The summed E-state index contributed by atoms with van der Waals surface area (Å²) >= 11 is 0. The number of halogens is 5. The molecule has 0 N–H and O–H groups in total. The maximum absolute atomic E-state index is 13.2. The fraction of sp³-hybridized carbons (Fsp3) is 0.300. The quantitative estimate of drug-likeness (QED) is 0.612. The molecule has 94 valence electrons. The molecule has 0 spiro atoms. The number of rotatable bonds is 3. The van der Waals surface area contributed by atoms with Crippen molar-refractivity contribution >= 4 is 5.78 Å². The molecule has 0 radical (unpaired) electrons. The van der Waals surface area contributed by atoms with Gasteiger partial charge in [-0.15, -0.1) is 0 Å². The fourth-order valence-electron chi connectivity index (χ4n) is 1.20. The van der Waals surface area contributed by atoms with Gasteiger partial charge >= 0.3 is 6.18 Å². The van der Waals surface area contributed by atoms with Gasteiger partial charge in [0.05, 0.1) is 12.7 Å². The van der Waals surface area contributed by atoms with Crippen LogP contribution in [0.25, 0.3) is 0 Å². The van der Waals surface area contributed by atoms with Crippen molar-refractivity contribution in [3.8, 4) is 5.75 Å². The predicted octanol–water partition coefficient (Wildman–Crippen LogP) is 3.11. The molecule has 1 aromatic rings. The maximum atomic E-state index is 13.2. The van der Waals surface area contributed by atoms with Crippen molar-refractivity contribution in [2.75, 3.05) is 7.11 Å². The molecule has 0 aromatic heterocycles. The molecular formula is C10H7F5O2. The molecule has 0 aliphatic rings. The number of ether oxygens (including phenoxy) is 1. The van der Waals surface area contributed by atoms with E-state index in [1.165, 1.54) is 0 Å². The van der Waals surface area contributed by atoms with Crippen LogP contribution in [0.15, 0.2) is 12.1 Å². The summed E-state index contributed by atoms with van der Waals surface area (Å²) in [5.41, 5.74) is -1.21. The molecule has 0 atom stereocenters. The molecule has 1 aromatic carbocycles. The van der Waals surface area contributed by atoms with Crippen molar-refractivity contribution in [1.82, 2.24) is 0 Å². The van der Waals surface area contributed by atoms with Gasteiger partial charge in [-0.3, -0.25) is 4.79 Å². The van der Waals surface area contributed by atoms with Crippen molar-refractivity contribution in [2.24, 2.45) is 0 Å². The Kier molecular flexibility index (Phi) is 3.69. The van der Waals surface area contributed by atoms with Gasteiger partial charge in [0, 0.05) is 12.1 Å². The molecule has 0 aliphatic heterocycles. The minimum Gasteiger partial charge on any atom is -0.497 e. The zero-order chi connectivity index (χ0) is 13.2. The van der Waals surface area contributed by atoms with E-state index in [-0.39, 0.29) is 5.75 Å². The van der Waals surface area contributed by atoms with E-state index < -0.39 is 35.6 Å². The number of hydrogen-bond acceptors (Lipinski definition) is 2. The zero-order valence-electron chi connectivity index (χ0n) is 8.57. The Labute approximate surface area is 93.0 Å². The lowest BCUT2D eigenvalue weighted by Gasteiger charge is -2.08. The molecule has 0 aliphatic carbocycles. The van der Waals surface area contributed by atoms with E-state index >= 15 is 0 Å². The molecule has 1 rings (SSSR count). The van der Waals surface area contributed by atoms with Crippen LogP contribution in [0.2, 0.25) is 0 Å². The maximum Gasteiger partial charge on any atom is 0.396 e. The van der Waals surface area contributed by atoms with Crippen molar-refractivity contribution in [3.05, 3.63) is 29.3 Å². The molecule has 0 heterocycles. The standard InChI is InChI=1S/C10H7F5O2/c1-17-5-2-6(11)9(7(12)3-5)8(16)4-10(13,14)15/h2-3H,4H2,1H3. The Morgan fingerprint density at radius 1 is 1.24 bits per heavy atom. The van der Waals surface area contributed by atoms with E-state index in [4.69, 9.17) is 0 Å². The third kappa shape index (κ3) is 3.40. The molecule has 17 heavy (non-hydrogen) atoms. The van der Waals surface area contributed by atoms with Gasteiger partial charge in [0.25, 0.3) is 0 Å². The van der Waals surface area contributed by atoms with E-state index in [2.05, 4.69) is 4.74 Å². The highest BCUT2D eigenvalue weighted by Gasteiger charge is 2.34. The smallest absolute Gasteiger partial charge is 0.396 e. The Morgan fingerprint density at radius 3 is 2.06 bits per heavy atom. The van der Waals surface area contributed by atoms with Crippen LogP contribution in [0.1, 0.15) is 16.8 Å². The highest BCUT2D eigenvalue weighted by atomic mass is 19.4. The Hall–Kier alpha value is -1.66. The van der Waals surface area contributed by atoms with E-state index in [0.29, 0.717) is 12.1 Å². The Bertz CT molecular complexity index is 416. The number of methoxy groups -OCH3 is 1. The van der Waals surface area contributed by atoms with Gasteiger partial charge in [0.2, 0.25) is 0 Å². The lowest BCUT2D eigenvalue weighted by Crippen LogP contribution is -2.17. The molecule has 2 nitrogen and oxygen atoms in total. The van der Waals surface area contributed by atoms with Gasteiger partial charge in [-0.1, -0.05) is 0 Å². The summed E-state index contributed by atoms with van der Waals surface area (Å²) in [6.07, 6.45) is -6.72. The third-order valence-electron chi connectivity index (χ3n) is 1.89. The molecule has 0 saturated carbocycles. The third-order valence-corrected chi connectivity index (χ3v) is 1.89. The van der Waals surface area contributed by atoms with Gasteiger partial charge in [-0.2, -0.15) is 13.2 Å². The van der Waals surface area contributed by atoms with Crippen molar-refractivity contribution in [1.29, 1.82) is 0 Å². The molecule has 0 amide bonds. The Morgan fingerprint density at radius 2 is 1.71 bits per heavy atom. The highest BCUT2D eigenvalue weighted by molar-refractivity contribution is 5.97. The topological polar surface area (TPSA) is 26.3 Å². The first-order chi connectivity index (χ1) is 7.74. The summed E-state index contributed by atoms with van der Waals surface area (Å²) < 4.78 is 66.7. The van der Waals surface area contributed by atoms with Crippen LogP contribution in [0.5, 0.6) is 5.75 Å². The molecule has 0 fully saturated rings. The van der Waals surface area contributed by atoms with Crippen LogP contribution in [-0.4, -0.2) is 19.1 Å². The highest BCUT2D eigenvalue weighted by Crippen LogP contribution is 2.26. The SMILES string of the molecule is COc1cc(F)c(C(=O)CC(F)(F)F)c(F)c1. The summed E-state index contributed by atoms with van der Waals surface area (Å²) in [6, 6.07) is 1.29. The minimum absolute atomic E-state index is 0.219. The second-order valence-electron chi connectivity index (χ2n) is 3.18. The van der Waals surface area contributed by atoms with Crippen LogP contribution in [0.3, 0.4) is 0 Å². The van der Waals surface area contributed by atoms with Gasteiger partial charge in [-0.25, -0.2) is 8.78 Å². The van der Waals surface area contributed by atoms with Crippen molar-refractivity contribution in [3.63, 3.8) is 0 Å². The Balaban J connectivity index is 3.10. The largest absolute Gasteiger partial charge is 0.497 e. The number of hydrogen-bond donors (Lipinski definition) is 0. The van der Waals surface area contributed by atoms with E-state index in [1.54, 1.807) is 0 Å². The zero-order valence-corrected chi connectivity index (χ0v) is 8.57. The monoisotopic (exact) mass is 254 g/mol. The molecule has 0 unspecified atom stereocenters. The second kappa shape index (κ2) is 4.68. The molecule has 7 heteroatoms. The van der Waals surface area contributed by atoms with Crippen LogP contribution in [-0.2, 0) is 0 Å². The van der Waals surface area contributed by atoms with Crippen LogP contribution < -0.4 is 4.74 Å². The molecule has 0 bridgehead atoms. The summed E-state index contributed by atoms with van der Waals surface area (Å²) in [5.74, 6) is -4.63. The number of benzene rings is 1. The first kappa shape index (κ1) is 13.4. The van der Waals surface area contributed by atoms with Gasteiger partial charge in [-0.05, 0) is 0 Å². The summed E-state index contributed by atoms with van der Waals surface area (Å²) in [6.45, 7) is 0. The van der Waals surface area contributed by atoms with E-state index in [9.17, 15) is 26.7 Å². The van der Waals surface area contributed by atoms with Crippen LogP contribution in [0.4, 0.5) is 22.0 Å². The number of Topliss-reactive ketones (excluding diaryl/α,β-unsaturated/α-hetero) is 1. The normalized spacial score (nSPS) is 11.4. The van der Waals surface area contributed by atoms with E-state index in [1.807, 2.05) is 0 Å². The average Bonchev–Trinajstić information content (AvgIpc) is 2.13. The van der Waals surface area contributed by atoms with Crippen LogP contribution in [0, 0.1) is 11.6 Å². The van der Waals surface area contributed by atoms with Crippen molar-refractivity contribution < 1.29 is 31.5 Å². The fourth-order valence-corrected chi connectivity index (χ4v) is 1.20. The van der Waals surface area contributed by atoms with Gasteiger partial charge in [0.1, 0.15) is 23.8 Å². The summed E-state index contributed by atoms with van der Waals surface area (Å²) in [5, 5.41) is 0. The lowest BCUT2D eigenvalue weighted by molar-refractivity contribution is -0.125. The van der Waals surface area contributed by atoms with Crippen LogP contribution >= 0.6 is 0 Å². The van der Waals surface area contributed by atoms with Gasteiger partial charge < -0.3 is 4.74 Å². The number of ketones is 1. The van der Waals surface area contributed by atoms with Crippen molar-refractivity contribution in [2.45, 2.75) is 12.6 Å². The summed E-state index contributed by atoms with van der Waals surface area (Å²) in [7, 11) is 1.13. The average molecular weight is 254 g/mol. The van der Waals surface area contributed by atoms with Gasteiger partial charge in [0.15, 0.2) is 5.78 Å². The first-order valence-electron chi connectivity index (χ1n) is 4.37. The predicted molar refractivity (Wildman–Crippen MR) is 47.9 cm³/mol. The lowest BCUT2D eigenvalue weighted by atomic mass is 10.1.